The molecule has 2 N–H and O–H groups in total. The first-order chi connectivity index (χ1) is 10.7. The molecule has 1 saturated carbocycles. The zero-order valence-corrected chi connectivity index (χ0v) is 12.6. The van der Waals surface area contributed by atoms with E-state index >= 15 is 0 Å². The van der Waals surface area contributed by atoms with Crippen molar-refractivity contribution in [3.05, 3.63) is 30.7 Å². The molecule has 0 aromatic carbocycles. The zero-order chi connectivity index (χ0) is 15.5. The number of pyridine rings is 2. The van der Waals surface area contributed by atoms with Crippen LogP contribution in [-0.2, 0) is 4.79 Å². The van der Waals surface area contributed by atoms with Gasteiger partial charge in [-0.3, -0.25) is 19.7 Å². The van der Waals surface area contributed by atoms with Gasteiger partial charge in [0.25, 0.3) is 0 Å². The Balaban J connectivity index is 1.63. The summed E-state index contributed by atoms with van der Waals surface area (Å²) >= 11 is 0. The fraction of sp³-hybridized carbons (Fsp3) is 0.438. The van der Waals surface area contributed by atoms with Gasteiger partial charge in [0.1, 0.15) is 0 Å². The lowest BCUT2D eigenvalue weighted by molar-refractivity contribution is -0.139. The Kier molecular flexibility index (Phi) is 4.20. The number of anilines is 1. The van der Waals surface area contributed by atoms with Crippen molar-refractivity contribution in [2.45, 2.75) is 31.8 Å². The van der Waals surface area contributed by atoms with Crippen LogP contribution in [0.5, 0.6) is 0 Å². The second-order valence-corrected chi connectivity index (χ2v) is 5.67. The molecular weight excluding hydrogens is 280 g/mol. The summed E-state index contributed by atoms with van der Waals surface area (Å²) in [5, 5.41) is 13.5. The van der Waals surface area contributed by atoms with Crippen LogP contribution in [-0.4, -0.2) is 51.1 Å². The van der Waals surface area contributed by atoms with Crippen molar-refractivity contribution >= 4 is 22.6 Å². The quantitative estimate of drug-likeness (QED) is 0.849. The molecule has 2 heterocycles. The van der Waals surface area contributed by atoms with Crippen LogP contribution in [0.4, 0.5) is 5.69 Å². The molecule has 0 saturated heterocycles. The highest BCUT2D eigenvalue weighted by Crippen LogP contribution is 2.30. The van der Waals surface area contributed by atoms with Crippen molar-refractivity contribution in [3.8, 4) is 0 Å². The van der Waals surface area contributed by atoms with Crippen LogP contribution >= 0.6 is 0 Å². The van der Waals surface area contributed by atoms with Crippen LogP contribution < -0.4 is 5.32 Å². The molecule has 116 valence electrons. The number of hydrogen-bond acceptors (Lipinski definition) is 5. The van der Waals surface area contributed by atoms with E-state index < -0.39 is 5.97 Å². The lowest BCUT2D eigenvalue weighted by Crippen LogP contribution is -2.51. The summed E-state index contributed by atoms with van der Waals surface area (Å²) in [5.41, 5.74) is 1.97. The van der Waals surface area contributed by atoms with Crippen LogP contribution in [0.1, 0.15) is 19.8 Å². The van der Waals surface area contributed by atoms with Crippen LogP contribution in [0.2, 0.25) is 0 Å². The summed E-state index contributed by atoms with van der Waals surface area (Å²) in [6.45, 7) is 2.90. The first-order valence-corrected chi connectivity index (χ1v) is 7.58. The Hall–Kier alpha value is -2.21. The van der Waals surface area contributed by atoms with Gasteiger partial charge < -0.3 is 10.4 Å². The van der Waals surface area contributed by atoms with Gasteiger partial charge in [-0.15, -0.1) is 0 Å². The van der Waals surface area contributed by atoms with Gasteiger partial charge in [0, 0.05) is 41.7 Å². The Morgan fingerprint density at radius 1 is 1.41 bits per heavy atom. The van der Waals surface area contributed by atoms with E-state index in [2.05, 4.69) is 15.3 Å². The first kappa shape index (κ1) is 14.7. The first-order valence-electron chi connectivity index (χ1n) is 7.58. The molecule has 0 spiro atoms. The second-order valence-electron chi connectivity index (χ2n) is 5.67. The Morgan fingerprint density at radius 3 is 2.95 bits per heavy atom. The molecule has 1 aliphatic rings. The van der Waals surface area contributed by atoms with Crippen LogP contribution in [0, 0.1) is 0 Å². The van der Waals surface area contributed by atoms with E-state index in [1.54, 1.807) is 12.4 Å². The van der Waals surface area contributed by atoms with E-state index in [0.717, 1.165) is 36.0 Å². The number of fused-ring (bicyclic) bond motifs is 1. The number of aromatic nitrogens is 2. The largest absolute Gasteiger partial charge is 0.480 e. The molecule has 1 fully saturated rings. The molecule has 6 nitrogen and oxygen atoms in total. The molecule has 0 unspecified atom stereocenters. The molecule has 0 atom stereocenters. The van der Waals surface area contributed by atoms with Gasteiger partial charge in [-0.2, -0.15) is 0 Å². The lowest BCUT2D eigenvalue weighted by atomic mass is 9.85. The Labute approximate surface area is 129 Å². The summed E-state index contributed by atoms with van der Waals surface area (Å²) in [4.78, 5) is 21.4. The standard InChI is InChI=1S/C16H20N4O2/c1-2-20(10-16(21)22)12-7-11(8-12)19-15-4-6-18-14-3-5-17-9-13(14)15/h3-6,9,11-12H,2,7-8,10H2,1H3,(H,18,19)(H,21,22). The van der Waals surface area contributed by atoms with E-state index in [1.165, 1.54) is 0 Å². The van der Waals surface area contributed by atoms with Crippen molar-refractivity contribution < 1.29 is 9.90 Å². The minimum absolute atomic E-state index is 0.121. The second kappa shape index (κ2) is 6.27. The predicted molar refractivity (Wildman–Crippen MR) is 84.9 cm³/mol. The minimum atomic E-state index is -0.760. The monoisotopic (exact) mass is 300 g/mol. The van der Waals surface area contributed by atoms with E-state index in [9.17, 15) is 4.79 Å². The topological polar surface area (TPSA) is 78.4 Å². The predicted octanol–water partition coefficient (Wildman–Crippen LogP) is 1.98. The number of carboxylic acids is 1. The highest BCUT2D eigenvalue weighted by atomic mass is 16.4. The molecule has 2 aromatic rings. The fourth-order valence-corrected chi connectivity index (χ4v) is 3.01. The molecule has 0 amide bonds. The summed E-state index contributed by atoms with van der Waals surface area (Å²) < 4.78 is 0. The molecular formula is C16H20N4O2. The molecule has 0 radical (unpaired) electrons. The average molecular weight is 300 g/mol. The van der Waals surface area contributed by atoms with E-state index in [-0.39, 0.29) is 6.54 Å². The highest BCUT2D eigenvalue weighted by molar-refractivity contribution is 5.90. The number of carbonyl (C=O) groups is 1. The van der Waals surface area contributed by atoms with Gasteiger partial charge in [0.2, 0.25) is 0 Å². The fourth-order valence-electron chi connectivity index (χ4n) is 3.01. The summed E-state index contributed by atoms with van der Waals surface area (Å²) in [6, 6.07) is 4.59. The van der Waals surface area contributed by atoms with Crippen molar-refractivity contribution in [2.24, 2.45) is 0 Å². The van der Waals surface area contributed by atoms with Crippen molar-refractivity contribution in [1.82, 2.24) is 14.9 Å². The van der Waals surface area contributed by atoms with Gasteiger partial charge in [-0.1, -0.05) is 6.92 Å². The lowest BCUT2D eigenvalue weighted by Gasteiger charge is -2.42. The highest BCUT2D eigenvalue weighted by Gasteiger charge is 2.33. The molecule has 0 bridgehead atoms. The van der Waals surface area contributed by atoms with Gasteiger partial charge >= 0.3 is 5.97 Å². The third-order valence-electron chi connectivity index (χ3n) is 4.28. The maximum absolute atomic E-state index is 10.9. The summed E-state index contributed by atoms with van der Waals surface area (Å²) in [7, 11) is 0. The van der Waals surface area contributed by atoms with Gasteiger partial charge in [0.05, 0.1) is 12.1 Å². The maximum Gasteiger partial charge on any atom is 0.317 e. The SMILES string of the molecule is CCN(CC(=O)O)C1CC(Nc2ccnc3ccncc23)C1. The van der Waals surface area contributed by atoms with Crippen molar-refractivity contribution in [3.63, 3.8) is 0 Å². The third kappa shape index (κ3) is 3.01. The molecule has 0 aliphatic heterocycles. The zero-order valence-electron chi connectivity index (χ0n) is 12.6. The Bertz CT molecular complexity index is 665. The van der Waals surface area contributed by atoms with E-state index in [0.29, 0.717) is 12.1 Å². The van der Waals surface area contributed by atoms with Crippen molar-refractivity contribution in [2.75, 3.05) is 18.4 Å². The molecule has 2 aromatic heterocycles. The molecule has 1 aliphatic carbocycles. The number of hydrogen-bond donors (Lipinski definition) is 2. The van der Waals surface area contributed by atoms with Gasteiger partial charge in [0.15, 0.2) is 0 Å². The van der Waals surface area contributed by atoms with Gasteiger partial charge in [-0.25, -0.2) is 0 Å². The van der Waals surface area contributed by atoms with Gasteiger partial charge in [-0.05, 0) is 31.5 Å². The average Bonchev–Trinajstić information content (AvgIpc) is 2.48. The number of likely N-dealkylation sites (N-methyl/N-ethyl adjacent to an activating group) is 1. The molecule has 6 heteroatoms. The normalized spacial score (nSPS) is 20.8. The maximum atomic E-state index is 10.9. The number of carboxylic acid groups (broad SMARTS) is 1. The summed E-state index contributed by atoms with van der Waals surface area (Å²) in [6.07, 6.45) is 7.28. The van der Waals surface area contributed by atoms with E-state index in [4.69, 9.17) is 5.11 Å². The van der Waals surface area contributed by atoms with Crippen molar-refractivity contribution in [1.29, 1.82) is 0 Å². The number of rotatable bonds is 6. The van der Waals surface area contributed by atoms with E-state index in [1.807, 2.05) is 30.2 Å². The summed E-state index contributed by atoms with van der Waals surface area (Å²) in [5.74, 6) is -0.760. The molecule has 3 rings (SSSR count). The van der Waals surface area contributed by atoms with Crippen LogP contribution in [0.25, 0.3) is 10.9 Å². The number of nitrogens with zero attached hydrogens (tertiary/aromatic N) is 3. The number of aliphatic carboxylic acids is 1. The Morgan fingerprint density at radius 2 is 2.23 bits per heavy atom. The third-order valence-corrected chi connectivity index (χ3v) is 4.28. The van der Waals surface area contributed by atoms with Crippen LogP contribution in [0.15, 0.2) is 30.7 Å². The molecule has 22 heavy (non-hydrogen) atoms. The smallest absolute Gasteiger partial charge is 0.317 e. The number of nitrogens with one attached hydrogen (secondary N) is 1. The minimum Gasteiger partial charge on any atom is -0.480 e. The van der Waals surface area contributed by atoms with Crippen LogP contribution in [0.3, 0.4) is 0 Å².